The number of fused-ring (bicyclic) bond motifs is 1. The highest BCUT2D eigenvalue weighted by Crippen LogP contribution is 2.23. The van der Waals surface area contributed by atoms with Crippen LogP contribution in [-0.2, 0) is 0 Å². The van der Waals surface area contributed by atoms with Crippen LogP contribution < -0.4 is 5.32 Å². The van der Waals surface area contributed by atoms with Gasteiger partial charge in [-0.3, -0.25) is 10.1 Å². The second kappa shape index (κ2) is 6.09. The van der Waals surface area contributed by atoms with E-state index in [1.807, 2.05) is 0 Å². The van der Waals surface area contributed by atoms with Crippen LogP contribution in [0.2, 0.25) is 0 Å². The summed E-state index contributed by atoms with van der Waals surface area (Å²) in [4.78, 5) is 17.0. The fourth-order valence-corrected chi connectivity index (χ4v) is 2.61. The van der Waals surface area contributed by atoms with Crippen molar-refractivity contribution in [1.29, 1.82) is 0 Å². The predicted octanol–water partition coefficient (Wildman–Crippen LogP) is 2.63. The van der Waals surface area contributed by atoms with Gasteiger partial charge >= 0.3 is 0 Å². The van der Waals surface area contributed by atoms with Gasteiger partial charge in [0.25, 0.3) is 11.7 Å². The number of piperidine rings is 1. The first-order valence-corrected chi connectivity index (χ1v) is 7.23. The van der Waals surface area contributed by atoms with Gasteiger partial charge < -0.3 is 14.6 Å². The Morgan fingerprint density at radius 2 is 2.14 bits per heavy atom. The molecule has 1 N–H and O–H groups in total. The number of oxazole rings is 1. The van der Waals surface area contributed by atoms with Gasteiger partial charge in [-0.15, -0.1) is 0 Å². The maximum absolute atomic E-state index is 10.7. The van der Waals surface area contributed by atoms with E-state index in [-0.39, 0.29) is 5.69 Å². The number of nitro groups is 1. The van der Waals surface area contributed by atoms with Crippen LogP contribution in [0.25, 0.3) is 11.1 Å². The summed E-state index contributed by atoms with van der Waals surface area (Å²) >= 11 is 0. The van der Waals surface area contributed by atoms with E-state index in [1.165, 1.54) is 31.4 Å². The molecular formula is C14H18N4O3. The molecule has 0 unspecified atom stereocenters. The second-order valence-corrected chi connectivity index (χ2v) is 5.26. The van der Waals surface area contributed by atoms with E-state index in [0.717, 1.165) is 26.2 Å². The Bertz CT molecular complexity index is 634. The van der Waals surface area contributed by atoms with Crippen LogP contribution in [0.3, 0.4) is 0 Å². The van der Waals surface area contributed by atoms with E-state index in [4.69, 9.17) is 4.42 Å². The van der Waals surface area contributed by atoms with Crippen LogP contribution in [0, 0.1) is 10.1 Å². The van der Waals surface area contributed by atoms with Gasteiger partial charge in [-0.25, -0.2) is 0 Å². The fourth-order valence-electron chi connectivity index (χ4n) is 2.61. The molecule has 1 aromatic heterocycles. The zero-order valence-electron chi connectivity index (χ0n) is 11.7. The summed E-state index contributed by atoms with van der Waals surface area (Å²) in [5.74, 6) is 0. The van der Waals surface area contributed by atoms with Crippen molar-refractivity contribution in [2.45, 2.75) is 19.3 Å². The van der Waals surface area contributed by atoms with Crippen molar-refractivity contribution in [2.75, 3.05) is 31.5 Å². The molecule has 7 nitrogen and oxygen atoms in total. The molecule has 7 heteroatoms. The molecule has 1 aliphatic rings. The Morgan fingerprint density at radius 3 is 2.90 bits per heavy atom. The number of nitrogens with zero attached hydrogens (tertiary/aromatic N) is 3. The van der Waals surface area contributed by atoms with Crippen molar-refractivity contribution >= 4 is 22.8 Å². The number of nitrogens with one attached hydrogen (secondary N) is 1. The average Bonchev–Trinajstić information content (AvgIpc) is 2.90. The van der Waals surface area contributed by atoms with Gasteiger partial charge in [0, 0.05) is 19.2 Å². The molecule has 0 bridgehead atoms. The molecule has 1 fully saturated rings. The number of nitro benzene ring substituents is 1. The van der Waals surface area contributed by atoms with Crippen LogP contribution in [0.15, 0.2) is 22.6 Å². The van der Waals surface area contributed by atoms with Crippen molar-refractivity contribution in [3.63, 3.8) is 0 Å². The van der Waals surface area contributed by atoms with Gasteiger partial charge in [-0.1, -0.05) is 6.42 Å². The Hall–Kier alpha value is -2.15. The van der Waals surface area contributed by atoms with E-state index in [1.54, 1.807) is 6.07 Å². The zero-order chi connectivity index (χ0) is 14.7. The molecule has 2 aromatic rings. The number of aromatic nitrogens is 1. The van der Waals surface area contributed by atoms with Crippen molar-refractivity contribution in [3.05, 3.63) is 28.3 Å². The highest BCUT2D eigenvalue weighted by molar-refractivity contribution is 5.77. The largest absolute Gasteiger partial charge is 0.423 e. The molecule has 112 valence electrons. The van der Waals surface area contributed by atoms with Gasteiger partial charge in [0.15, 0.2) is 5.58 Å². The third-order valence-corrected chi connectivity index (χ3v) is 3.74. The van der Waals surface area contributed by atoms with Gasteiger partial charge in [-0.05, 0) is 32.0 Å². The molecule has 0 atom stereocenters. The first-order valence-electron chi connectivity index (χ1n) is 7.23. The Morgan fingerprint density at radius 1 is 1.33 bits per heavy atom. The van der Waals surface area contributed by atoms with E-state index < -0.39 is 4.92 Å². The van der Waals surface area contributed by atoms with Gasteiger partial charge in [0.1, 0.15) is 5.52 Å². The number of benzene rings is 1. The van der Waals surface area contributed by atoms with E-state index in [2.05, 4.69) is 15.2 Å². The summed E-state index contributed by atoms with van der Waals surface area (Å²) in [5, 5.41) is 13.9. The highest BCUT2D eigenvalue weighted by Gasteiger charge is 2.12. The molecule has 1 aliphatic heterocycles. The van der Waals surface area contributed by atoms with Crippen molar-refractivity contribution in [3.8, 4) is 0 Å². The van der Waals surface area contributed by atoms with Crippen LogP contribution in [-0.4, -0.2) is 41.0 Å². The molecule has 0 saturated carbocycles. The third kappa shape index (κ3) is 3.30. The summed E-state index contributed by atoms with van der Waals surface area (Å²) in [7, 11) is 0. The third-order valence-electron chi connectivity index (χ3n) is 3.74. The monoisotopic (exact) mass is 290 g/mol. The molecule has 0 radical (unpaired) electrons. The lowest BCUT2D eigenvalue weighted by Gasteiger charge is -2.26. The van der Waals surface area contributed by atoms with Crippen LogP contribution in [0.1, 0.15) is 19.3 Å². The number of non-ortho nitro benzene ring substituents is 1. The van der Waals surface area contributed by atoms with Crippen LogP contribution in [0.5, 0.6) is 0 Å². The van der Waals surface area contributed by atoms with Crippen LogP contribution in [0.4, 0.5) is 11.7 Å². The normalized spacial score (nSPS) is 16.2. The molecule has 21 heavy (non-hydrogen) atoms. The number of hydrogen-bond acceptors (Lipinski definition) is 6. The predicted molar refractivity (Wildman–Crippen MR) is 79.4 cm³/mol. The summed E-state index contributed by atoms with van der Waals surface area (Å²) in [6.07, 6.45) is 3.87. The lowest BCUT2D eigenvalue weighted by molar-refractivity contribution is -0.384. The number of likely N-dealkylation sites (tertiary alicyclic amines) is 1. The number of rotatable bonds is 5. The topological polar surface area (TPSA) is 84.4 Å². The lowest BCUT2D eigenvalue weighted by atomic mass is 10.1. The van der Waals surface area contributed by atoms with E-state index >= 15 is 0 Å². The standard InChI is InChI=1S/C14H18N4O3/c19-18(20)11-4-5-12-13(10-11)21-14(16-12)15-6-9-17-7-2-1-3-8-17/h4-5,10H,1-3,6-9H2,(H,15,16). The van der Waals surface area contributed by atoms with E-state index in [9.17, 15) is 10.1 Å². The first-order chi connectivity index (χ1) is 10.2. The maximum atomic E-state index is 10.7. The molecule has 0 aliphatic carbocycles. The van der Waals surface area contributed by atoms with Gasteiger partial charge in [0.2, 0.25) is 0 Å². The minimum atomic E-state index is -0.439. The maximum Gasteiger partial charge on any atom is 0.295 e. The SMILES string of the molecule is O=[N+]([O-])c1ccc2nc(NCCN3CCCCC3)oc2c1. The molecular weight excluding hydrogens is 272 g/mol. The summed E-state index contributed by atoms with van der Waals surface area (Å²) in [6, 6.07) is 4.86. The summed E-state index contributed by atoms with van der Waals surface area (Å²) in [5.41, 5.74) is 1.07. The van der Waals surface area contributed by atoms with Crippen molar-refractivity contribution < 1.29 is 9.34 Å². The Balaban J connectivity index is 1.60. The fraction of sp³-hybridized carbons (Fsp3) is 0.500. The number of hydrogen-bond donors (Lipinski definition) is 1. The Kier molecular flexibility index (Phi) is 4.01. The minimum absolute atomic E-state index is 0.0125. The first kappa shape index (κ1) is 13.8. The molecule has 3 rings (SSSR count). The van der Waals surface area contributed by atoms with Crippen LogP contribution >= 0.6 is 0 Å². The minimum Gasteiger partial charge on any atom is -0.423 e. The highest BCUT2D eigenvalue weighted by atomic mass is 16.6. The molecule has 0 spiro atoms. The zero-order valence-corrected chi connectivity index (χ0v) is 11.7. The van der Waals surface area contributed by atoms with Gasteiger partial charge in [0.05, 0.1) is 11.0 Å². The number of anilines is 1. The van der Waals surface area contributed by atoms with Gasteiger partial charge in [-0.2, -0.15) is 4.98 Å². The van der Waals surface area contributed by atoms with Crippen molar-refractivity contribution in [1.82, 2.24) is 9.88 Å². The molecule has 2 heterocycles. The molecule has 0 amide bonds. The summed E-state index contributed by atoms with van der Waals surface area (Å²) < 4.78 is 5.50. The molecule has 1 aromatic carbocycles. The lowest BCUT2D eigenvalue weighted by Crippen LogP contribution is -2.33. The second-order valence-electron chi connectivity index (χ2n) is 5.26. The quantitative estimate of drug-likeness (QED) is 0.673. The average molecular weight is 290 g/mol. The molecule has 1 saturated heterocycles. The summed E-state index contributed by atoms with van der Waals surface area (Å²) in [6.45, 7) is 4.02. The van der Waals surface area contributed by atoms with Crippen molar-refractivity contribution in [2.24, 2.45) is 0 Å². The van der Waals surface area contributed by atoms with E-state index in [0.29, 0.717) is 17.1 Å². The Labute approximate surface area is 122 Å². The smallest absolute Gasteiger partial charge is 0.295 e.